The average Bonchev–Trinajstić information content (AvgIpc) is 2.52. The Hall–Kier alpha value is -2.09. The Morgan fingerprint density at radius 2 is 1.78 bits per heavy atom. The number of nitrogens with two attached hydrogens (primary N) is 3. The summed E-state index contributed by atoms with van der Waals surface area (Å²) in [5.74, 6) is -1.18. The molecular weight excluding hydrogens is 296 g/mol. The fraction of sp³-hybridized carbons (Fsp3) is 0.438. The van der Waals surface area contributed by atoms with Crippen molar-refractivity contribution in [3.8, 4) is 0 Å². The van der Waals surface area contributed by atoms with E-state index >= 15 is 0 Å². The molecule has 0 radical (unpaired) electrons. The van der Waals surface area contributed by atoms with E-state index in [1.54, 1.807) is 18.2 Å². The highest BCUT2D eigenvalue weighted by atomic mass is 16.2. The van der Waals surface area contributed by atoms with Crippen molar-refractivity contribution in [1.82, 2.24) is 5.32 Å². The summed E-state index contributed by atoms with van der Waals surface area (Å²) in [5.41, 5.74) is 15.6. The van der Waals surface area contributed by atoms with Crippen LogP contribution < -0.4 is 22.5 Å². The number of carbonyl (C=O) groups excluding carboxylic acids is 3. The molecule has 7 nitrogen and oxygen atoms in total. The molecule has 0 saturated heterocycles. The van der Waals surface area contributed by atoms with Crippen LogP contribution in [0.2, 0.25) is 0 Å². The molecule has 0 saturated carbocycles. The van der Waals surface area contributed by atoms with Crippen molar-refractivity contribution in [3.05, 3.63) is 35.9 Å². The highest BCUT2D eigenvalue weighted by molar-refractivity contribution is 6.06. The van der Waals surface area contributed by atoms with Crippen LogP contribution in [-0.2, 0) is 9.59 Å². The predicted octanol–water partition coefficient (Wildman–Crippen LogP) is -0.460. The maximum atomic E-state index is 12.4. The van der Waals surface area contributed by atoms with Crippen LogP contribution in [0.3, 0.4) is 0 Å². The van der Waals surface area contributed by atoms with Gasteiger partial charge in [0.25, 0.3) is 0 Å². The van der Waals surface area contributed by atoms with Crippen LogP contribution in [0, 0.1) is 5.92 Å². The van der Waals surface area contributed by atoms with Gasteiger partial charge in [-0.25, -0.2) is 0 Å². The quantitative estimate of drug-likeness (QED) is 0.290. The van der Waals surface area contributed by atoms with Gasteiger partial charge >= 0.3 is 0 Å². The maximum absolute atomic E-state index is 12.4. The molecule has 0 bridgehead atoms. The minimum Gasteiger partial charge on any atom is -0.345 e. The van der Waals surface area contributed by atoms with Crippen molar-refractivity contribution in [1.29, 1.82) is 0 Å². The molecule has 1 amide bonds. The van der Waals surface area contributed by atoms with E-state index in [1.807, 2.05) is 13.8 Å². The molecule has 2 atom stereocenters. The third-order valence-corrected chi connectivity index (χ3v) is 3.44. The smallest absolute Gasteiger partial charge is 0.241 e. The van der Waals surface area contributed by atoms with Crippen LogP contribution in [0.15, 0.2) is 30.3 Å². The van der Waals surface area contributed by atoms with Gasteiger partial charge in [0.05, 0.1) is 6.04 Å². The summed E-state index contributed by atoms with van der Waals surface area (Å²) in [7, 11) is 0. The number of amides is 1. The lowest BCUT2D eigenvalue weighted by molar-refractivity contribution is -0.126. The van der Waals surface area contributed by atoms with Gasteiger partial charge in [-0.05, 0) is 12.3 Å². The van der Waals surface area contributed by atoms with Gasteiger partial charge in [-0.15, -0.1) is 0 Å². The second-order valence-electron chi connectivity index (χ2n) is 5.99. The molecule has 0 aliphatic heterocycles. The summed E-state index contributed by atoms with van der Waals surface area (Å²) in [4.78, 5) is 35.6. The molecular formula is C16H24N4O3. The topological polar surface area (TPSA) is 141 Å². The zero-order chi connectivity index (χ0) is 17.6. The minimum absolute atomic E-state index is 0.202. The van der Waals surface area contributed by atoms with Gasteiger partial charge in [-0.1, -0.05) is 44.2 Å². The maximum Gasteiger partial charge on any atom is 0.241 e. The van der Waals surface area contributed by atoms with Gasteiger partial charge in [0, 0.05) is 5.56 Å². The Kier molecular flexibility index (Phi) is 6.56. The number of carbonyl (C=O) groups is 3. The highest BCUT2D eigenvalue weighted by Gasteiger charge is 2.41. The van der Waals surface area contributed by atoms with Gasteiger partial charge in [0.15, 0.2) is 11.4 Å². The first kappa shape index (κ1) is 19.0. The molecule has 7 N–H and O–H groups in total. The second-order valence-corrected chi connectivity index (χ2v) is 5.99. The molecule has 0 aromatic heterocycles. The number of benzene rings is 1. The van der Waals surface area contributed by atoms with Crippen molar-refractivity contribution < 1.29 is 14.4 Å². The van der Waals surface area contributed by atoms with Gasteiger partial charge in [0.2, 0.25) is 5.91 Å². The molecule has 126 valence electrons. The Morgan fingerprint density at radius 3 is 2.26 bits per heavy atom. The molecule has 0 aliphatic carbocycles. The molecule has 0 heterocycles. The number of nitrogens with one attached hydrogen (secondary N) is 1. The normalized spacial score (nSPS) is 14.2. The van der Waals surface area contributed by atoms with Gasteiger partial charge < -0.3 is 27.3 Å². The Labute approximate surface area is 135 Å². The van der Waals surface area contributed by atoms with Crippen LogP contribution in [-0.4, -0.2) is 35.7 Å². The van der Waals surface area contributed by atoms with Gasteiger partial charge in [-0.3, -0.25) is 9.59 Å². The molecule has 1 aromatic carbocycles. The van der Waals surface area contributed by atoms with Crippen LogP contribution in [0.25, 0.3) is 0 Å². The molecule has 1 aromatic rings. The zero-order valence-electron chi connectivity index (χ0n) is 13.4. The average molecular weight is 320 g/mol. The lowest BCUT2D eigenvalue weighted by Crippen LogP contribution is -2.72. The summed E-state index contributed by atoms with van der Waals surface area (Å²) >= 11 is 0. The Bertz CT molecular complexity index is 558. The van der Waals surface area contributed by atoms with E-state index < -0.39 is 29.4 Å². The SMILES string of the molecule is CC(C)C[C@@H](C=O)NC(=O)C(N)C(N)(N)C(=O)c1ccccc1. The van der Waals surface area contributed by atoms with E-state index in [2.05, 4.69) is 5.32 Å². The molecule has 1 rings (SSSR count). The van der Waals surface area contributed by atoms with E-state index in [4.69, 9.17) is 17.2 Å². The monoisotopic (exact) mass is 320 g/mol. The highest BCUT2D eigenvalue weighted by Crippen LogP contribution is 2.10. The predicted molar refractivity (Wildman–Crippen MR) is 87.3 cm³/mol. The van der Waals surface area contributed by atoms with Crippen LogP contribution in [0.1, 0.15) is 30.6 Å². The van der Waals surface area contributed by atoms with Gasteiger partial charge in [-0.2, -0.15) is 0 Å². The number of ketones is 1. The van der Waals surface area contributed by atoms with Crippen molar-refractivity contribution in [2.75, 3.05) is 0 Å². The Morgan fingerprint density at radius 1 is 1.22 bits per heavy atom. The number of aldehydes is 1. The van der Waals surface area contributed by atoms with E-state index in [1.165, 1.54) is 12.1 Å². The van der Waals surface area contributed by atoms with Crippen LogP contribution in [0.5, 0.6) is 0 Å². The summed E-state index contributed by atoms with van der Waals surface area (Å²) in [5, 5.41) is 2.47. The lowest BCUT2D eigenvalue weighted by Gasteiger charge is -2.29. The van der Waals surface area contributed by atoms with E-state index in [0.29, 0.717) is 12.7 Å². The summed E-state index contributed by atoms with van der Waals surface area (Å²) in [6, 6.07) is 5.93. The third kappa shape index (κ3) is 4.95. The van der Waals surface area contributed by atoms with Crippen molar-refractivity contribution in [2.24, 2.45) is 23.1 Å². The molecule has 7 heteroatoms. The molecule has 0 spiro atoms. The summed E-state index contributed by atoms with van der Waals surface area (Å²) < 4.78 is 0. The first-order chi connectivity index (χ1) is 10.7. The summed E-state index contributed by atoms with van der Waals surface area (Å²) in [6.07, 6.45) is 1.08. The number of Topliss-reactive ketones (excluding diaryl/α,β-unsaturated/α-hetero) is 1. The van der Waals surface area contributed by atoms with Crippen LogP contribution in [0.4, 0.5) is 0 Å². The Balaban J connectivity index is 2.84. The van der Waals surface area contributed by atoms with Crippen molar-refractivity contribution >= 4 is 18.0 Å². The number of hydrogen-bond acceptors (Lipinski definition) is 6. The van der Waals surface area contributed by atoms with Crippen molar-refractivity contribution in [2.45, 2.75) is 38.0 Å². The van der Waals surface area contributed by atoms with E-state index in [-0.39, 0.29) is 11.5 Å². The molecule has 23 heavy (non-hydrogen) atoms. The standard InChI is InChI=1S/C16H24N4O3/c1-10(2)8-12(9-21)20-15(23)13(17)16(18,19)14(22)11-6-4-3-5-7-11/h3-7,9-10,12-13H,8,17-19H2,1-2H3,(H,20,23)/t12-,13?/m0/s1. The molecule has 1 unspecified atom stereocenters. The zero-order valence-corrected chi connectivity index (χ0v) is 13.4. The first-order valence-electron chi connectivity index (χ1n) is 7.39. The number of rotatable bonds is 8. The number of hydrogen-bond donors (Lipinski definition) is 4. The minimum atomic E-state index is -2.07. The fourth-order valence-corrected chi connectivity index (χ4v) is 2.13. The van der Waals surface area contributed by atoms with E-state index in [0.717, 1.165) is 0 Å². The first-order valence-corrected chi connectivity index (χ1v) is 7.39. The van der Waals surface area contributed by atoms with Gasteiger partial charge in [0.1, 0.15) is 12.3 Å². The second kappa shape index (κ2) is 7.96. The molecule has 0 aliphatic rings. The van der Waals surface area contributed by atoms with Crippen LogP contribution >= 0.6 is 0 Å². The molecule has 0 fully saturated rings. The largest absolute Gasteiger partial charge is 0.345 e. The summed E-state index contributed by atoms with van der Waals surface area (Å²) in [6.45, 7) is 3.83. The fourth-order valence-electron chi connectivity index (χ4n) is 2.13. The van der Waals surface area contributed by atoms with Crippen molar-refractivity contribution in [3.63, 3.8) is 0 Å². The lowest BCUT2D eigenvalue weighted by atomic mass is 9.92. The van der Waals surface area contributed by atoms with E-state index in [9.17, 15) is 14.4 Å². The third-order valence-electron chi connectivity index (χ3n) is 3.44.